The lowest BCUT2D eigenvalue weighted by Crippen LogP contribution is -2.01. The highest BCUT2D eigenvalue weighted by molar-refractivity contribution is 9.11. The summed E-state index contributed by atoms with van der Waals surface area (Å²) in [6, 6.07) is 11.7. The van der Waals surface area contributed by atoms with Gasteiger partial charge in [-0.25, -0.2) is 0 Å². The molecular formula is C14H8Br2N2O3. The van der Waals surface area contributed by atoms with Gasteiger partial charge >= 0.3 is 0 Å². The van der Waals surface area contributed by atoms with Gasteiger partial charge in [-0.15, -0.1) is 0 Å². The SMILES string of the molecule is N#Cc1cc(Br)c(OCc2ccccc2[N+](=O)[O-])c(Br)c1. The summed E-state index contributed by atoms with van der Waals surface area (Å²) >= 11 is 6.64. The first-order chi connectivity index (χ1) is 10.0. The van der Waals surface area contributed by atoms with Gasteiger partial charge in [0, 0.05) is 6.07 Å². The molecule has 21 heavy (non-hydrogen) atoms. The molecule has 0 aliphatic heterocycles. The summed E-state index contributed by atoms with van der Waals surface area (Å²) in [7, 11) is 0. The Bertz CT molecular complexity index is 718. The van der Waals surface area contributed by atoms with Gasteiger partial charge in [-0.3, -0.25) is 10.1 Å². The molecule has 0 spiro atoms. The van der Waals surface area contributed by atoms with Crippen molar-refractivity contribution in [2.24, 2.45) is 0 Å². The molecule has 0 atom stereocenters. The van der Waals surface area contributed by atoms with Gasteiger partial charge < -0.3 is 4.74 Å². The minimum absolute atomic E-state index is 0.0124. The second-order valence-corrected chi connectivity index (χ2v) is 5.76. The molecule has 0 bridgehead atoms. The average molecular weight is 412 g/mol. The van der Waals surface area contributed by atoms with E-state index >= 15 is 0 Å². The number of nitrogens with zero attached hydrogens (tertiary/aromatic N) is 2. The molecule has 2 aromatic rings. The fourth-order valence-corrected chi connectivity index (χ4v) is 3.14. The first kappa shape index (κ1) is 15.5. The predicted octanol–water partition coefficient (Wildman–Crippen LogP) is 4.57. The van der Waals surface area contributed by atoms with Crippen LogP contribution in [0.25, 0.3) is 0 Å². The number of nitriles is 1. The van der Waals surface area contributed by atoms with E-state index in [4.69, 9.17) is 10.00 Å². The predicted molar refractivity (Wildman–Crippen MR) is 84.0 cm³/mol. The summed E-state index contributed by atoms with van der Waals surface area (Å²) in [6.07, 6.45) is 0. The summed E-state index contributed by atoms with van der Waals surface area (Å²) in [6.45, 7) is 0.0558. The van der Waals surface area contributed by atoms with E-state index in [0.29, 0.717) is 25.8 Å². The van der Waals surface area contributed by atoms with Crippen LogP contribution in [0.4, 0.5) is 5.69 Å². The molecule has 2 aromatic carbocycles. The molecule has 0 saturated carbocycles. The second kappa shape index (κ2) is 6.70. The quantitative estimate of drug-likeness (QED) is 0.545. The monoisotopic (exact) mass is 410 g/mol. The number of ether oxygens (including phenoxy) is 1. The van der Waals surface area contributed by atoms with Crippen molar-refractivity contribution in [3.8, 4) is 11.8 Å². The fraction of sp³-hybridized carbons (Fsp3) is 0.0714. The molecule has 0 fully saturated rings. The van der Waals surface area contributed by atoms with Gasteiger partial charge in [0.05, 0.1) is 31.1 Å². The van der Waals surface area contributed by atoms with Gasteiger partial charge in [-0.05, 0) is 50.1 Å². The molecule has 0 aromatic heterocycles. The highest BCUT2D eigenvalue weighted by atomic mass is 79.9. The zero-order valence-corrected chi connectivity index (χ0v) is 13.7. The number of hydrogen-bond donors (Lipinski definition) is 0. The van der Waals surface area contributed by atoms with Crippen LogP contribution in [0.3, 0.4) is 0 Å². The minimum Gasteiger partial charge on any atom is -0.486 e. The topological polar surface area (TPSA) is 76.2 Å². The maximum Gasteiger partial charge on any atom is 0.276 e. The molecule has 0 aliphatic rings. The van der Waals surface area contributed by atoms with E-state index in [0.717, 1.165) is 0 Å². The van der Waals surface area contributed by atoms with Crippen LogP contribution < -0.4 is 4.74 Å². The third-order valence-corrected chi connectivity index (χ3v) is 3.87. The van der Waals surface area contributed by atoms with Gasteiger partial charge in [-0.1, -0.05) is 12.1 Å². The van der Waals surface area contributed by atoms with Crippen molar-refractivity contribution in [3.63, 3.8) is 0 Å². The lowest BCUT2D eigenvalue weighted by atomic mass is 10.2. The van der Waals surface area contributed by atoms with Gasteiger partial charge in [0.2, 0.25) is 0 Å². The average Bonchev–Trinajstić information content (AvgIpc) is 2.46. The third kappa shape index (κ3) is 3.60. The van der Waals surface area contributed by atoms with Gasteiger partial charge in [0.1, 0.15) is 12.4 Å². The van der Waals surface area contributed by atoms with Crippen LogP contribution in [-0.4, -0.2) is 4.92 Å². The Morgan fingerprint density at radius 1 is 1.24 bits per heavy atom. The zero-order chi connectivity index (χ0) is 15.4. The second-order valence-electron chi connectivity index (χ2n) is 4.06. The van der Waals surface area contributed by atoms with E-state index < -0.39 is 4.92 Å². The van der Waals surface area contributed by atoms with Crippen molar-refractivity contribution in [3.05, 3.63) is 66.6 Å². The molecule has 0 aliphatic carbocycles. The van der Waals surface area contributed by atoms with E-state index in [9.17, 15) is 10.1 Å². The van der Waals surface area contributed by atoms with Crippen LogP contribution in [0.5, 0.6) is 5.75 Å². The van der Waals surface area contributed by atoms with Crippen LogP contribution in [0, 0.1) is 21.4 Å². The number of nitro benzene ring substituents is 1. The van der Waals surface area contributed by atoms with Crippen molar-refractivity contribution in [1.29, 1.82) is 5.26 Å². The Kier molecular flexibility index (Phi) is 4.94. The van der Waals surface area contributed by atoms with Crippen LogP contribution >= 0.6 is 31.9 Å². The van der Waals surface area contributed by atoms with Crippen molar-refractivity contribution in [1.82, 2.24) is 0 Å². The molecule has 5 nitrogen and oxygen atoms in total. The van der Waals surface area contributed by atoms with Crippen LogP contribution in [0.1, 0.15) is 11.1 Å². The molecule has 7 heteroatoms. The fourth-order valence-electron chi connectivity index (χ4n) is 1.72. The molecule has 0 N–H and O–H groups in total. The highest BCUT2D eigenvalue weighted by Crippen LogP contribution is 2.35. The number of nitro groups is 1. The van der Waals surface area contributed by atoms with Crippen molar-refractivity contribution >= 4 is 37.5 Å². The highest BCUT2D eigenvalue weighted by Gasteiger charge is 2.15. The van der Waals surface area contributed by atoms with E-state index in [1.54, 1.807) is 30.3 Å². The van der Waals surface area contributed by atoms with Crippen LogP contribution in [0.15, 0.2) is 45.3 Å². The maximum absolute atomic E-state index is 10.9. The number of hydrogen-bond acceptors (Lipinski definition) is 4. The normalized spacial score (nSPS) is 9.95. The zero-order valence-electron chi connectivity index (χ0n) is 10.5. The molecular weight excluding hydrogens is 404 g/mol. The van der Waals surface area contributed by atoms with Gasteiger partial charge in [0.25, 0.3) is 5.69 Å². The summed E-state index contributed by atoms with van der Waals surface area (Å²) in [5.41, 5.74) is 0.968. The first-order valence-electron chi connectivity index (χ1n) is 5.77. The Morgan fingerprint density at radius 3 is 2.43 bits per heavy atom. The standard InChI is InChI=1S/C14H8Br2N2O3/c15-11-5-9(7-17)6-12(16)14(11)21-8-10-3-1-2-4-13(10)18(19)20/h1-6H,8H2. The van der Waals surface area contributed by atoms with Crippen molar-refractivity contribution in [2.45, 2.75) is 6.61 Å². The number of para-hydroxylation sites is 1. The van der Waals surface area contributed by atoms with Crippen molar-refractivity contribution in [2.75, 3.05) is 0 Å². The van der Waals surface area contributed by atoms with Crippen LogP contribution in [0.2, 0.25) is 0 Å². The molecule has 0 unspecified atom stereocenters. The van der Waals surface area contributed by atoms with Gasteiger partial charge in [-0.2, -0.15) is 5.26 Å². The third-order valence-electron chi connectivity index (χ3n) is 2.69. The molecule has 106 valence electrons. The molecule has 0 saturated heterocycles. The van der Waals surface area contributed by atoms with E-state index in [1.165, 1.54) is 6.07 Å². The number of benzene rings is 2. The van der Waals surface area contributed by atoms with E-state index in [2.05, 4.69) is 31.9 Å². The van der Waals surface area contributed by atoms with E-state index in [1.807, 2.05) is 6.07 Å². The smallest absolute Gasteiger partial charge is 0.276 e. The van der Waals surface area contributed by atoms with Gasteiger partial charge in [0.15, 0.2) is 0 Å². The number of halogens is 2. The lowest BCUT2D eigenvalue weighted by Gasteiger charge is -2.11. The summed E-state index contributed by atoms with van der Waals surface area (Å²) < 4.78 is 6.84. The van der Waals surface area contributed by atoms with Crippen LogP contribution in [-0.2, 0) is 6.61 Å². The summed E-state index contributed by atoms with van der Waals surface area (Å²) in [5, 5.41) is 19.8. The Balaban J connectivity index is 2.26. The summed E-state index contributed by atoms with van der Waals surface area (Å²) in [5.74, 6) is 0.493. The largest absolute Gasteiger partial charge is 0.486 e. The Hall–Kier alpha value is -1.91. The number of rotatable bonds is 4. The molecule has 0 heterocycles. The first-order valence-corrected chi connectivity index (χ1v) is 7.35. The minimum atomic E-state index is -0.443. The Morgan fingerprint density at radius 2 is 1.86 bits per heavy atom. The maximum atomic E-state index is 10.9. The lowest BCUT2D eigenvalue weighted by molar-refractivity contribution is -0.385. The molecule has 0 amide bonds. The summed E-state index contributed by atoms with van der Waals surface area (Å²) in [4.78, 5) is 10.5. The molecule has 0 radical (unpaired) electrons. The molecule has 2 rings (SSSR count). The Labute approximate surface area is 137 Å². The van der Waals surface area contributed by atoms with Crippen molar-refractivity contribution < 1.29 is 9.66 Å². The van der Waals surface area contributed by atoms with E-state index in [-0.39, 0.29) is 12.3 Å².